The average molecular weight is 404 g/mol. The third-order valence-electron chi connectivity index (χ3n) is 3.60. The number of carbonyl (C=O) groups excluding carboxylic acids is 2. The van der Waals surface area contributed by atoms with Gasteiger partial charge in [0.05, 0.1) is 16.8 Å². The summed E-state index contributed by atoms with van der Waals surface area (Å²) in [6.45, 7) is 0.0829. The molecule has 0 aliphatic carbocycles. The van der Waals surface area contributed by atoms with E-state index in [1.54, 1.807) is 41.3 Å². The second kappa shape index (κ2) is 8.83. The largest absolute Gasteiger partial charge is 0.334 e. The van der Waals surface area contributed by atoms with Crippen LogP contribution in [0.1, 0.15) is 5.56 Å². The molecule has 3 amide bonds. The Morgan fingerprint density at radius 1 is 1.15 bits per heavy atom. The van der Waals surface area contributed by atoms with Gasteiger partial charge in [-0.2, -0.15) is 0 Å². The number of nitrogens with zero attached hydrogens (tertiary/aromatic N) is 1. The smallest absolute Gasteiger partial charge is 0.315 e. The van der Waals surface area contributed by atoms with E-state index in [2.05, 4.69) is 20.9 Å². The molecule has 0 unspecified atom stereocenters. The summed E-state index contributed by atoms with van der Waals surface area (Å²) in [5, 5.41) is 7.84. The van der Waals surface area contributed by atoms with E-state index in [1.807, 2.05) is 18.4 Å². The number of halogens is 1. The van der Waals surface area contributed by atoms with E-state index in [0.717, 1.165) is 20.1 Å². The zero-order valence-electron chi connectivity index (χ0n) is 14.4. The highest BCUT2D eigenvalue weighted by atomic mass is 32.2. The van der Waals surface area contributed by atoms with E-state index in [9.17, 15) is 14.0 Å². The molecule has 0 aliphatic heterocycles. The standard InChI is InChI=1S/C18H17FN4O2S2/c1-26-18-23-14-7-6-13(8-15(14)27-18)22-16(24)10-21-17(25)20-9-11-2-4-12(19)5-3-11/h2-8H,9-10H2,1H3,(H,22,24)(H2,20,21,25). The summed E-state index contributed by atoms with van der Waals surface area (Å²) >= 11 is 3.14. The van der Waals surface area contributed by atoms with Gasteiger partial charge in [0, 0.05) is 12.2 Å². The van der Waals surface area contributed by atoms with Crippen molar-refractivity contribution in [2.75, 3.05) is 18.1 Å². The minimum absolute atomic E-state index is 0.161. The zero-order valence-corrected chi connectivity index (χ0v) is 16.0. The number of fused-ring (bicyclic) bond motifs is 1. The molecule has 27 heavy (non-hydrogen) atoms. The molecule has 2 aromatic carbocycles. The van der Waals surface area contributed by atoms with E-state index >= 15 is 0 Å². The van der Waals surface area contributed by atoms with Crippen molar-refractivity contribution >= 4 is 50.9 Å². The van der Waals surface area contributed by atoms with Crippen LogP contribution >= 0.6 is 23.1 Å². The molecule has 0 saturated carbocycles. The Hall–Kier alpha value is -2.65. The summed E-state index contributed by atoms with van der Waals surface area (Å²) in [6, 6.07) is 10.8. The van der Waals surface area contributed by atoms with Crippen molar-refractivity contribution in [3.63, 3.8) is 0 Å². The van der Waals surface area contributed by atoms with Gasteiger partial charge in [0.25, 0.3) is 0 Å². The van der Waals surface area contributed by atoms with E-state index in [4.69, 9.17) is 0 Å². The van der Waals surface area contributed by atoms with Gasteiger partial charge in [-0.25, -0.2) is 14.2 Å². The lowest BCUT2D eigenvalue weighted by molar-refractivity contribution is -0.115. The normalized spacial score (nSPS) is 10.6. The zero-order chi connectivity index (χ0) is 19.2. The molecule has 3 aromatic rings. The van der Waals surface area contributed by atoms with Gasteiger partial charge in [0.15, 0.2) is 4.34 Å². The molecule has 0 radical (unpaired) electrons. The van der Waals surface area contributed by atoms with Crippen LogP contribution in [0.15, 0.2) is 46.8 Å². The lowest BCUT2D eigenvalue weighted by Gasteiger charge is -2.08. The molecule has 3 N–H and O–H groups in total. The number of benzene rings is 2. The highest BCUT2D eigenvalue weighted by molar-refractivity contribution is 8.00. The monoisotopic (exact) mass is 404 g/mol. The molecule has 0 bridgehead atoms. The molecule has 1 heterocycles. The number of hydrogen-bond donors (Lipinski definition) is 3. The van der Waals surface area contributed by atoms with E-state index in [0.29, 0.717) is 5.69 Å². The Morgan fingerprint density at radius 3 is 2.67 bits per heavy atom. The molecule has 9 heteroatoms. The van der Waals surface area contributed by atoms with Crippen molar-refractivity contribution in [2.24, 2.45) is 0 Å². The average Bonchev–Trinajstić information content (AvgIpc) is 3.08. The Balaban J connectivity index is 1.46. The van der Waals surface area contributed by atoms with Gasteiger partial charge in [-0.15, -0.1) is 11.3 Å². The molecular weight excluding hydrogens is 387 g/mol. The first kappa shape index (κ1) is 19.1. The highest BCUT2D eigenvalue weighted by Gasteiger charge is 2.08. The number of anilines is 1. The summed E-state index contributed by atoms with van der Waals surface area (Å²) in [5.41, 5.74) is 2.30. The predicted octanol–water partition coefficient (Wildman–Crippen LogP) is 3.60. The highest BCUT2D eigenvalue weighted by Crippen LogP contribution is 2.29. The number of urea groups is 1. The minimum Gasteiger partial charge on any atom is -0.334 e. The lowest BCUT2D eigenvalue weighted by Crippen LogP contribution is -2.39. The summed E-state index contributed by atoms with van der Waals surface area (Å²) < 4.78 is 14.8. The van der Waals surface area contributed by atoms with Crippen molar-refractivity contribution < 1.29 is 14.0 Å². The number of carbonyl (C=O) groups is 2. The van der Waals surface area contributed by atoms with Gasteiger partial charge in [-0.3, -0.25) is 4.79 Å². The van der Waals surface area contributed by atoms with Crippen molar-refractivity contribution in [2.45, 2.75) is 10.9 Å². The Labute approximate surface area is 163 Å². The van der Waals surface area contributed by atoms with Crippen molar-refractivity contribution in [1.29, 1.82) is 0 Å². The quantitative estimate of drug-likeness (QED) is 0.548. The predicted molar refractivity (Wildman–Crippen MR) is 107 cm³/mol. The fourth-order valence-electron chi connectivity index (χ4n) is 2.28. The Kier molecular flexibility index (Phi) is 6.25. The minimum atomic E-state index is -0.475. The van der Waals surface area contributed by atoms with Crippen LogP contribution in [0.2, 0.25) is 0 Å². The van der Waals surface area contributed by atoms with Crippen molar-refractivity contribution in [3.8, 4) is 0 Å². The van der Waals surface area contributed by atoms with Gasteiger partial charge in [-0.05, 0) is 42.2 Å². The maximum Gasteiger partial charge on any atom is 0.315 e. The molecule has 0 fully saturated rings. The van der Waals surface area contributed by atoms with Crippen molar-refractivity contribution in [3.05, 3.63) is 53.8 Å². The number of nitrogens with one attached hydrogen (secondary N) is 3. The van der Waals surface area contributed by atoms with Crippen molar-refractivity contribution in [1.82, 2.24) is 15.6 Å². The molecule has 0 spiro atoms. The first-order chi connectivity index (χ1) is 13.0. The van der Waals surface area contributed by atoms with Gasteiger partial charge < -0.3 is 16.0 Å². The van der Waals surface area contributed by atoms with E-state index < -0.39 is 6.03 Å². The lowest BCUT2D eigenvalue weighted by atomic mass is 10.2. The molecule has 6 nitrogen and oxygen atoms in total. The molecule has 1 aromatic heterocycles. The number of thiazole rings is 1. The molecule has 0 aliphatic rings. The van der Waals surface area contributed by atoms with Gasteiger partial charge in [0.2, 0.25) is 5.91 Å². The second-order valence-electron chi connectivity index (χ2n) is 5.58. The van der Waals surface area contributed by atoms with Crippen LogP contribution in [0.5, 0.6) is 0 Å². The van der Waals surface area contributed by atoms with Crippen LogP contribution < -0.4 is 16.0 Å². The molecule has 140 valence electrons. The van der Waals surface area contributed by atoms with Crippen LogP contribution in [0.4, 0.5) is 14.9 Å². The fraction of sp³-hybridized carbons (Fsp3) is 0.167. The molecule has 0 saturated heterocycles. The van der Waals surface area contributed by atoms with Crippen LogP contribution in [-0.2, 0) is 11.3 Å². The van der Waals surface area contributed by atoms with E-state index in [1.165, 1.54) is 12.1 Å². The number of rotatable bonds is 6. The molecule has 0 atom stereocenters. The number of amides is 3. The third kappa shape index (κ3) is 5.41. The van der Waals surface area contributed by atoms with Crippen LogP contribution in [0.3, 0.4) is 0 Å². The first-order valence-corrected chi connectivity index (χ1v) is 10.1. The maximum absolute atomic E-state index is 12.8. The molecule has 3 rings (SSSR count). The Bertz CT molecular complexity index is 960. The number of hydrogen-bond acceptors (Lipinski definition) is 5. The van der Waals surface area contributed by atoms with Gasteiger partial charge in [-0.1, -0.05) is 23.9 Å². The van der Waals surface area contributed by atoms with Gasteiger partial charge >= 0.3 is 6.03 Å². The third-order valence-corrected chi connectivity index (χ3v) is 5.61. The van der Waals surface area contributed by atoms with Crippen LogP contribution in [0, 0.1) is 5.82 Å². The van der Waals surface area contributed by atoms with Crippen LogP contribution in [-0.4, -0.2) is 29.7 Å². The topological polar surface area (TPSA) is 83.1 Å². The maximum atomic E-state index is 12.8. The number of aromatic nitrogens is 1. The summed E-state index contributed by atoms with van der Waals surface area (Å²) in [6.07, 6.45) is 1.97. The first-order valence-electron chi connectivity index (χ1n) is 8.04. The molecular formula is C18H17FN4O2S2. The summed E-state index contributed by atoms with van der Waals surface area (Å²) in [7, 11) is 0. The summed E-state index contributed by atoms with van der Waals surface area (Å²) in [4.78, 5) is 28.2. The van der Waals surface area contributed by atoms with E-state index in [-0.39, 0.29) is 24.8 Å². The second-order valence-corrected chi connectivity index (χ2v) is 7.66. The van der Waals surface area contributed by atoms with Crippen LogP contribution in [0.25, 0.3) is 10.2 Å². The summed E-state index contributed by atoms with van der Waals surface area (Å²) in [5.74, 6) is -0.665. The fourth-order valence-corrected chi connectivity index (χ4v) is 3.81. The SMILES string of the molecule is CSc1nc2ccc(NC(=O)CNC(=O)NCc3ccc(F)cc3)cc2s1. The van der Waals surface area contributed by atoms with Gasteiger partial charge in [0.1, 0.15) is 5.82 Å². The number of thioether (sulfide) groups is 1. The Morgan fingerprint density at radius 2 is 1.93 bits per heavy atom.